The van der Waals surface area contributed by atoms with E-state index in [0.717, 1.165) is 4.90 Å². The van der Waals surface area contributed by atoms with E-state index in [1.165, 1.54) is 42.1 Å². The highest BCUT2D eigenvalue weighted by Crippen LogP contribution is 2.30. The van der Waals surface area contributed by atoms with Crippen molar-refractivity contribution in [2.45, 2.75) is 9.79 Å². The van der Waals surface area contributed by atoms with Crippen molar-refractivity contribution in [3.63, 3.8) is 0 Å². The molecule has 0 fully saturated rings. The van der Waals surface area contributed by atoms with Gasteiger partial charge in [0.05, 0.1) is 17.2 Å². The maximum atomic E-state index is 13.7. The van der Waals surface area contributed by atoms with Crippen molar-refractivity contribution >= 4 is 17.7 Å². The number of nitrogens with zero attached hydrogens (tertiary/aromatic N) is 1. The first-order chi connectivity index (χ1) is 9.10. The summed E-state index contributed by atoms with van der Waals surface area (Å²) >= 11 is 1.18. The Labute approximate surface area is 113 Å². The molecule has 2 aromatic rings. The lowest BCUT2D eigenvalue weighted by Gasteiger charge is -2.04. The van der Waals surface area contributed by atoms with Gasteiger partial charge in [-0.25, -0.2) is 9.18 Å². The molecule has 0 amide bonds. The maximum Gasteiger partial charge on any atom is 0.335 e. The van der Waals surface area contributed by atoms with Crippen LogP contribution in [0, 0.1) is 17.1 Å². The van der Waals surface area contributed by atoms with E-state index in [1.54, 1.807) is 12.1 Å². The van der Waals surface area contributed by atoms with Crippen molar-refractivity contribution in [2.75, 3.05) is 0 Å². The topological polar surface area (TPSA) is 61.1 Å². The van der Waals surface area contributed by atoms with Gasteiger partial charge >= 0.3 is 5.97 Å². The highest BCUT2D eigenvalue weighted by atomic mass is 32.2. The minimum atomic E-state index is -0.999. The minimum absolute atomic E-state index is 0.185. The standard InChI is InChI=1S/C14H8FNO2S/c15-12-7-9(8-16)1-6-13(12)19-11-4-2-10(3-5-11)14(17)18/h1-7H,(H,17,18). The van der Waals surface area contributed by atoms with E-state index in [2.05, 4.69) is 0 Å². The fraction of sp³-hybridized carbons (Fsp3) is 0. The van der Waals surface area contributed by atoms with Crippen molar-refractivity contribution in [3.05, 3.63) is 59.4 Å². The van der Waals surface area contributed by atoms with Gasteiger partial charge in [-0.3, -0.25) is 0 Å². The van der Waals surface area contributed by atoms with Crippen molar-refractivity contribution in [2.24, 2.45) is 0 Å². The van der Waals surface area contributed by atoms with Gasteiger partial charge in [0.15, 0.2) is 0 Å². The van der Waals surface area contributed by atoms with Gasteiger partial charge < -0.3 is 5.11 Å². The molecule has 94 valence electrons. The molecule has 0 saturated heterocycles. The lowest BCUT2D eigenvalue weighted by atomic mass is 10.2. The predicted octanol–water partition coefficient (Wildman–Crippen LogP) is 3.55. The maximum absolute atomic E-state index is 13.7. The van der Waals surface area contributed by atoms with E-state index in [9.17, 15) is 9.18 Å². The summed E-state index contributed by atoms with van der Waals surface area (Å²) in [5, 5.41) is 17.4. The number of benzene rings is 2. The Morgan fingerprint density at radius 3 is 2.42 bits per heavy atom. The molecule has 3 nitrogen and oxygen atoms in total. The number of aromatic carboxylic acids is 1. The Morgan fingerprint density at radius 2 is 1.89 bits per heavy atom. The fourth-order valence-corrected chi connectivity index (χ4v) is 2.26. The summed E-state index contributed by atoms with van der Waals surface area (Å²) in [5.74, 6) is -1.47. The molecule has 0 heterocycles. The average molecular weight is 273 g/mol. The molecule has 5 heteroatoms. The second-order valence-corrected chi connectivity index (χ2v) is 4.80. The number of hydrogen-bond acceptors (Lipinski definition) is 3. The van der Waals surface area contributed by atoms with E-state index >= 15 is 0 Å². The van der Waals surface area contributed by atoms with Crippen molar-refractivity contribution in [1.82, 2.24) is 0 Å². The first-order valence-corrected chi connectivity index (χ1v) is 6.12. The summed E-state index contributed by atoms with van der Waals surface area (Å²) < 4.78 is 13.7. The third kappa shape index (κ3) is 3.12. The third-order valence-electron chi connectivity index (χ3n) is 2.39. The van der Waals surface area contributed by atoms with Crippen LogP contribution in [0.15, 0.2) is 52.3 Å². The SMILES string of the molecule is N#Cc1ccc(Sc2ccc(C(=O)O)cc2)c(F)c1. The Balaban J connectivity index is 2.22. The van der Waals surface area contributed by atoms with Gasteiger partial charge in [0.25, 0.3) is 0 Å². The highest BCUT2D eigenvalue weighted by Gasteiger charge is 2.07. The first-order valence-electron chi connectivity index (χ1n) is 5.31. The van der Waals surface area contributed by atoms with Gasteiger partial charge in [-0.2, -0.15) is 5.26 Å². The van der Waals surface area contributed by atoms with E-state index in [1.807, 2.05) is 6.07 Å². The van der Waals surface area contributed by atoms with Gasteiger partial charge in [-0.1, -0.05) is 11.8 Å². The zero-order valence-corrected chi connectivity index (χ0v) is 10.4. The van der Waals surface area contributed by atoms with Crippen molar-refractivity contribution in [1.29, 1.82) is 5.26 Å². The number of nitriles is 1. The van der Waals surface area contributed by atoms with Gasteiger partial charge in [-0.05, 0) is 42.5 Å². The molecule has 0 unspecified atom stereocenters. The van der Waals surface area contributed by atoms with Gasteiger partial charge in [0.1, 0.15) is 5.82 Å². The Bertz CT molecular complexity index is 662. The molecule has 2 rings (SSSR count). The molecule has 0 aliphatic heterocycles. The average Bonchev–Trinajstić information content (AvgIpc) is 2.41. The summed E-state index contributed by atoms with van der Waals surface area (Å²) in [5.41, 5.74) is 0.452. The fourth-order valence-electron chi connectivity index (χ4n) is 1.45. The third-order valence-corrected chi connectivity index (χ3v) is 3.45. The van der Waals surface area contributed by atoms with Crippen molar-refractivity contribution in [3.8, 4) is 6.07 Å². The molecule has 0 atom stereocenters. The molecular weight excluding hydrogens is 265 g/mol. The van der Waals surface area contributed by atoms with Crippen LogP contribution in [0.2, 0.25) is 0 Å². The number of rotatable bonds is 3. The van der Waals surface area contributed by atoms with Crippen LogP contribution < -0.4 is 0 Å². The molecule has 0 radical (unpaired) electrons. The highest BCUT2D eigenvalue weighted by molar-refractivity contribution is 7.99. The van der Waals surface area contributed by atoms with E-state index in [0.29, 0.717) is 4.90 Å². The van der Waals surface area contributed by atoms with Gasteiger partial charge in [0, 0.05) is 9.79 Å². The monoisotopic (exact) mass is 273 g/mol. The van der Waals surface area contributed by atoms with Gasteiger partial charge in [-0.15, -0.1) is 0 Å². The predicted molar refractivity (Wildman–Crippen MR) is 68.6 cm³/mol. The first kappa shape index (κ1) is 13.1. The molecule has 0 aliphatic rings. The molecule has 0 saturated carbocycles. The number of hydrogen-bond donors (Lipinski definition) is 1. The minimum Gasteiger partial charge on any atom is -0.478 e. The molecule has 0 aromatic heterocycles. The zero-order valence-electron chi connectivity index (χ0n) is 9.63. The quantitative estimate of drug-likeness (QED) is 0.929. The van der Waals surface area contributed by atoms with E-state index in [-0.39, 0.29) is 11.1 Å². The second kappa shape index (κ2) is 5.55. The number of halogens is 1. The van der Waals surface area contributed by atoms with E-state index < -0.39 is 11.8 Å². The van der Waals surface area contributed by atoms with Crippen LogP contribution in [-0.2, 0) is 0 Å². The molecule has 2 aromatic carbocycles. The summed E-state index contributed by atoms with van der Waals surface area (Å²) in [6.07, 6.45) is 0. The van der Waals surface area contributed by atoms with Crippen LogP contribution in [0.5, 0.6) is 0 Å². The van der Waals surface area contributed by atoms with Crippen molar-refractivity contribution < 1.29 is 14.3 Å². The summed E-state index contributed by atoms with van der Waals surface area (Å²) in [7, 11) is 0. The molecule has 0 bridgehead atoms. The van der Waals surface area contributed by atoms with E-state index in [4.69, 9.17) is 10.4 Å². The number of carboxylic acids is 1. The molecule has 0 aliphatic carbocycles. The van der Waals surface area contributed by atoms with Gasteiger partial charge in [0.2, 0.25) is 0 Å². The molecule has 0 spiro atoms. The largest absolute Gasteiger partial charge is 0.478 e. The summed E-state index contributed by atoms with van der Waals surface area (Å²) in [4.78, 5) is 11.8. The number of carboxylic acid groups (broad SMARTS) is 1. The lowest BCUT2D eigenvalue weighted by Crippen LogP contribution is -1.94. The Morgan fingerprint density at radius 1 is 1.21 bits per heavy atom. The summed E-state index contributed by atoms with van der Waals surface area (Å²) in [6.45, 7) is 0. The summed E-state index contributed by atoms with van der Waals surface area (Å²) in [6, 6.07) is 12.3. The normalized spacial score (nSPS) is 9.89. The zero-order chi connectivity index (χ0) is 13.8. The van der Waals surface area contributed by atoms with Crippen LogP contribution in [0.3, 0.4) is 0 Å². The van der Waals surface area contributed by atoms with Crippen LogP contribution in [0.4, 0.5) is 4.39 Å². The second-order valence-electron chi connectivity index (χ2n) is 3.69. The number of carbonyl (C=O) groups is 1. The van der Waals surface area contributed by atoms with Crippen LogP contribution in [0.25, 0.3) is 0 Å². The lowest BCUT2D eigenvalue weighted by molar-refractivity contribution is 0.0697. The Kier molecular flexibility index (Phi) is 3.83. The molecule has 19 heavy (non-hydrogen) atoms. The van der Waals surface area contributed by atoms with Crippen LogP contribution in [0.1, 0.15) is 15.9 Å². The van der Waals surface area contributed by atoms with Crippen LogP contribution >= 0.6 is 11.8 Å². The smallest absolute Gasteiger partial charge is 0.335 e. The van der Waals surface area contributed by atoms with Crippen LogP contribution in [-0.4, -0.2) is 11.1 Å². The molecule has 1 N–H and O–H groups in total. The Hall–Kier alpha value is -2.32. The molecular formula is C14H8FNO2S.